The van der Waals surface area contributed by atoms with Crippen molar-refractivity contribution in [2.75, 3.05) is 39.9 Å². The van der Waals surface area contributed by atoms with Gasteiger partial charge in [0.1, 0.15) is 11.0 Å². The molecule has 7 heteroatoms. The van der Waals surface area contributed by atoms with E-state index in [0.29, 0.717) is 29.7 Å². The molecule has 2 saturated heterocycles. The summed E-state index contributed by atoms with van der Waals surface area (Å²) < 4.78 is 17.9. The van der Waals surface area contributed by atoms with Crippen LogP contribution in [-0.4, -0.2) is 61.6 Å². The number of rotatable bonds is 10. The van der Waals surface area contributed by atoms with Crippen molar-refractivity contribution >= 4 is 17.5 Å². The second-order valence-corrected chi connectivity index (χ2v) is 8.51. The Morgan fingerprint density at radius 3 is 2.78 bits per heavy atom. The highest BCUT2D eigenvalue weighted by molar-refractivity contribution is 6.30. The van der Waals surface area contributed by atoms with Crippen molar-refractivity contribution < 1.29 is 9.13 Å². The summed E-state index contributed by atoms with van der Waals surface area (Å²) in [4.78, 5) is 9.08. The van der Waals surface area contributed by atoms with Gasteiger partial charge in [-0.25, -0.2) is 4.39 Å². The summed E-state index contributed by atoms with van der Waals surface area (Å²) in [5, 5.41) is 3.70. The van der Waals surface area contributed by atoms with Crippen LogP contribution >= 0.6 is 11.6 Å². The average Bonchev–Trinajstić information content (AvgIpc) is 2.76. The number of aliphatic imine (C=N–C) groups is 1. The van der Waals surface area contributed by atoms with Crippen molar-refractivity contribution in [1.82, 2.24) is 15.1 Å². The van der Waals surface area contributed by atoms with Crippen molar-refractivity contribution in [3.63, 3.8) is 0 Å². The van der Waals surface area contributed by atoms with Crippen LogP contribution in [0.2, 0.25) is 0 Å². The predicted octanol–water partition coefficient (Wildman–Crippen LogP) is 5.13. The number of likely N-dealkylation sites (tertiary alicyclic amines) is 2. The Balaban J connectivity index is 1.80. The highest BCUT2D eigenvalue weighted by Crippen LogP contribution is 2.30. The molecule has 2 unspecified atom stereocenters. The highest BCUT2D eigenvalue weighted by atomic mass is 35.5. The van der Waals surface area contributed by atoms with Crippen molar-refractivity contribution in [3.05, 3.63) is 72.4 Å². The largest absolute Gasteiger partial charge is 0.447 e. The Labute approximate surface area is 197 Å². The molecular weight excluding hydrogens is 427 g/mol. The van der Waals surface area contributed by atoms with Gasteiger partial charge < -0.3 is 10.1 Å². The van der Waals surface area contributed by atoms with Crippen molar-refractivity contribution in [2.45, 2.75) is 32.2 Å². The maximum atomic E-state index is 12.5. The van der Waals surface area contributed by atoms with E-state index in [9.17, 15) is 4.39 Å². The molecule has 2 rings (SSSR count). The molecule has 2 fully saturated rings. The number of hydrogen-bond donors (Lipinski definition) is 1. The number of ether oxygens (including phenoxy) is 1. The van der Waals surface area contributed by atoms with E-state index in [-0.39, 0.29) is 0 Å². The zero-order chi connectivity index (χ0) is 23.3. The molecule has 0 aromatic rings. The van der Waals surface area contributed by atoms with E-state index in [4.69, 9.17) is 16.3 Å². The van der Waals surface area contributed by atoms with Gasteiger partial charge in [-0.15, -0.1) is 0 Å². The third-order valence-corrected chi connectivity index (χ3v) is 5.92. The first-order chi connectivity index (χ1) is 15.4. The third-order valence-electron chi connectivity index (χ3n) is 5.67. The Morgan fingerprint density at radius 1 is 1.25 bits per heavy atom. The molecule has 0 aromatic carbocycles. The van der Waals surface area contributed by atoms with Crippen LogP contribution in [0.5, 0.6) is 0 Å². The second-order valence-electron chi connectivity index (χ2n) is 8.11. The Kier molecular flexibility index (Phi) is 11.5. The minimum Gasteiger partial charge on any atom is -0.447 e. The van der Waals surface area contributed by atoms with E-state index >= 15 is 0 Å². The monoisotopic (exact) mass is 462 g/mol. The van der Waals surface area contributed by atoms with Crippen LogP contribution in [0.25, 0.3) is 0 Å². The number of fused-ring (bicyclic) bond motifs is 1. The van der Waals surface area contributed by atoms with Gasteiger partial charge in [0.25, 0.3) is 0 Å². The van der Waals surface area contributed by atoms with E-state index in [0.717, 1.165) is 32.6 Å². The molecule has 1 N–H and O–H groups in total. The van der Waals surface area contributed by atoms with Crippen molar-refractivity contribution in [1.29, 1.82) is 0 Å². The molecule has 0 bridgehead atoms. The summed E-state index contributed by atoms with van der Waals surface area (Å²) in [6, 6.07) is 0.635. The fourth-order valence-electron chi connectivity index (χ4n) is 4.28. The van der Waals surface area contributed by atoms with Crippen LogP contribution in [-0.2, 0) is 4.74 Å². The van der Waals surface area contributed by atoms with Crippen LogP contribution in [0.4, 0.5) is 4.39 Å². The molecule has 2 aliphatic heterocycles. The molecule has 2 atom stereocenters. The number of halogens is 2. The standard InChI is InChI=1S/C25H36ClFN4O/c1-5-9-20(2)17-31-13-8-11-22-18-30(14-12-23(22)31)19-29-24(26)16-25(28-4)32-15-7-6-10-21(3)27/h5-7,9-10,15-16,22-23,29H,2-3,8,11-14,17-19H2,1,4H3/b9-5-,10-6-,15-7+,24-16?,28-25?. The van der Waals surface area contributed by atoms with Crippen LogP contribution in [0.3, 0.4) is 0 Å². The fourth-order valence-corrected chi connectivity index (χ4v) is 4.44. The Bertz CT molecular complexity index is 787. The summed E-state index contributed by atoms with van der Waals surface area (Å²) in [7, 11) is 1.62. The summed E-state index contributed by atoms with van der Waals surface area (Å²) in [5.41, 5.74) is 1.18. The van der Waals surface area contributed by atoms with Gasteiger partial charge in [0.05, 0.1) is 12.9 Å². The quantitative estimate of drug-likeness (QED) is 0.161. The van der Waals surface area contributed by atoms with Gasteiger partial charge in [0, 0.05) is 38.8 Å². The maximum Gasteiger partial charge on any atom is 0.216 e. The molecule has 32 heavy (non-hydrogen) atoms. The van der Waals surface area contributed by atoms with E-state index in [1.165, 1.54) is 36.8 Å². The minimum atomic E-state index is -0.518. The summed E-state index contributed by atoms with van der Waals surface area (Å²) in [6.07, 6.45) is 15.2. The molecule has 0 spiro atoms. The molecule has 5 nitrogen and oxygen atoms in total. The van der Waals surface area contributed by atoms with Gasteiger partial charge in [-0.1, -0.05) is 43.0 Å². The molecule has 0 radical (unpaired) electrons. The van der Waals surface area contributed by atoms with Crippen LogP contribution in [0.15, 0.2) is 77.4 Å². The van der Waals surface area contributed by atoms with Crippen LogP contribution in [0, 0.1) is 5.92 Å². The van der Waals surface area contributed by atoms with Gasteiger partial charge in [-0.05, 0) is 56.4 Å². The van der Waals surface area contributed by atoms with E-state index in [1.807, 2.05) is 6.92 Å². The van der Waals surface area contributed by atoms with Gasteiger partial charge in [-0.3, -0.25) is 14.8 Å². The molecule has 0 aliphatic carbocycles. The van der Waals surface area contributed by atoms with Gasteiger partial charge in [0.2, 0.25) is 5.90 Å². The Morgan fingerprint density at radius 2 is 2.06 bits per heavy atom. The van der Waals surface area contributed by atoms with E-state index in [1.54, 1.807) is 19.2 Å². The normalized spacial score (nSPS) is 23.8. The maximum absolute atomic E-state index is 12.5. The second kappa shape index (κ2) is 14.1. The van der Waals surface area contributed by atoms with Gasteiger partial charge in [0.15, 0.2) is 0 Å². The lowest BCUT2D eigenvalue weighted by atomic mass is 9.83. The number of nitrogens with one attached hydrogen (secondary N) is 1. The zero-order valence-electron chi connectivity index (χ0n) is 19.3. The Hall–Kier alpha value is -2.15. The van der Waals surface area contributed by atoms with Crippen LogP contribution in [0.1, 0.15) is 26.2 Å². The first-order valence-corrected chi connectivity index (χ1v) is 11.5. The lowest BCUT2D eigenvalue weighted by molar-refractivity contribution is 0.0273. The molecular formula is C25H36ClFN4O. The van der Waals surface area contributed by atoms with Crippen LogP contribution < -0.4 is 5.32 Å². The van der Waals surface area contributed by atoms with E-state index < -0.39 is 5.83 Å². The molecule has 2 heterocycles. The molecule has 0 amide bonds. The summed E-state index contributed by atoms with van der Waals surface area (Å²) in [5.74, 6) is 0.514. The average molecular weight is 463 g/mol. The number of nitrogens with zero attached hydrogens (tertiary/aromatic N) is 3. The molecule has 2 aliphatic rings. The fraction of sp³-hybridized carbons (Fsp3) is 0.480. The lowest BCUT2D eigenvalue weighted by Gasteiger charge is -2.47. The third kappa shape index (κ3) is 9.15. The topological polar surface area (TPSA) is 40.1 Å². The van der Waals surface area contributed by atoms with E-state index in [2.05, 4.69) is 45.4 Å². The predicted molar refractivity (Wildman–Crippen MR) is 133 cm³/mol. The first kappa shape index (κ1) is 26.1. The zero-order valence-corrected chi connectivity index (χ0v) is 20.0. The van der Waals surface area contributed by atoms with Gasteiger partial charge >= 0.3 is 0 Å². The number of hydrogen-bond acceptors (Lipinski definition) is 5. The smallest absolute Gasteiger partial charge is 0.216 e. The van der Waals surface area contributed by atoms with Gasteiger partial charge in [-0.2, -0.15) is 0 Å². The minimum absolute atomic E-state index is 0.356. The summed E-state index contributed by atoms with van der Waals surface area (Å²) in [6.45, 7) is 14.3. The lowest BCUT2D eigenvalue weighted by Crippen LogP contribution is -2.55. The first-order valence-electron chi connectivity index (χ1n) is 11.1. The molecule has 176 valence electrons. The SMILES string of the molecule is C=C(F)/C=C\C=C\OC(C=C(Cl)NCN1CCC2C(CCCN2CC(=C)/C=C\C)C1)=NC. The molecule has 0 saturated carbocycles. The highest BCUT2D eigenvalue weighted by Gasteiger charge is 2.35. The van der Waals surface area contributed by atoms with Crippen molar-refractivity contribution in [3.8, 4) is 0 Å². The summed E-state index contributed by atoms with van der Waals surface area (Å²) >= 11 is 6.34. The number of piperidine rings is 2. The number of allylic oxidation sites excluding steroid dienone is 5. The van der Waals surface area contributed by atoms with Crippen molar-refractivity contribution in [2.24, 2.45) is 10.9 Å². The molecule has 0 aromatic heterocycles.